The third-order valence-electron chi connectivity index (χ3n) is 0. The molecule has 0 N–H and O–H groups in total. The van der Waals surface area contributed by atoms with Crippen LogP contribution in [0.5, 0.6) is 0 Å². The molecule has 0 radical (unpaired) electrons. The van der Waals surface area contributed by atoms with E-state index in [2.05, 4.69) is 0 Å². The molecule has 0 aromatic rings. The van der Waals surface area contributed by atoms with E-state index in [0.29, 0.717) is 6.26 Å². The van der Waals surface area contributed by atoms with E-state index in [-0.39, 0.29) is 22.4 Å². The second-order valence-corrected chi connectivity index (χ2v) is 2.11. The van der Waals surface area contributed by atoms with Gasteiger partial charge in [0.2, 0.25) is 0 Å². The number of hydrogen-bond acceptors (Lipinski definition) is 3. The van der Waals surface area contributed by atoms with E-state index in [9.17, 15) is 0 Å². The van der Waals surface area contributed by atoms with Crippen molar-refractivity contribution in [2.24, 2.45) is 0 Å². The van der Waals surface area contributed by atoms with Crippen molar-refractivity contribution in [2.45, 2.75) is 0 Å². The molecule has 0 spiro atoms. The molecule has 3 nitrogen and oxygen atoms in total. The molecule has 42 valence electrons. The van der Waals surface area contributed by atoms with Crippen molar-refractivity contribution in [1.29, 1.82) is 0 Å². The molecule has 0 aliphatic rings. The van der Waals surface area contributed by atoms with Crippen LogP contribution >= 0.6 is 0 Å². The summed E-state index contributed by atoms with van der Waals surface area (Å²) in [7, 11) is -3.92. The molecule has 0 aliphatic carbocycles. The number of hydrogen-bond donors (Lipinski definition) is 0. The van der Waals surface area contributed by atoms with Crippen molar-refractivity contribution in [2.75, 3.05) is 6.26 Å². The van der Waals surface area contributed by atoms with Gasteiger partial charge in [0.05, 0.1) is 10.1 Å². The van der Waals surface area contributed by atoms with Crippen LogP contribution in [0.3, 0.4) is 0 Å². The van der Waals surface area contributed by atoms with Crippen molar-refractivity contribution >= 4 is 10.1 Å². The Bertz CT molecular complexity index is 94.0. The van der Waals surface area contributed by atoms with Gasteiger partial charge in [0.1, 0.15) is 0 Å². The quantitative estimate of drug-likeness (QED) is 0.432. The van der Waals surface area contributed by atoms with Crippen LogP contribution in [0.4, 0.5) is 0 Å². The smallest absolute Gasteiger partial charge is 0.748 e. The Hall–Kier alpha value is 0.650. The Morgan fingerprint density at radius 3 is 1.50 bits per heavy atom. The molecule has 0 heterocycles. The van der Waals surface area contributed by atoms with Crippen LogP contribution in [0, 0.1) is 0 Å². The van der Waals surface area contributed by atoms with Crippen LogP contribution in [0.15, 0.2) is 0 Å². The predicted molar refractivity (Wildman–Crippen MR) is 15.6 cm³/mol. The first-order chi connectivity index (χ1) is 2.00. The van der Waals surface area contributed by atoms with Crippen molar-refractivity contribution in [3.8, 4) is 0 Å². The molecule has 0 bridgehead atoms. The molecular weight excluding hydrogens is 289 g/mol. The summed E-state index contributed by atoms with van der Waals surface area (Å²) in [5, 5.41) is 0. The molecular formula is CH3AuO3S. The maximum atomic E-state index is 9.08. The largest absolute Gasteiger partial charge is 1.00 e. The monoisotopic (exact) mass is 292 g/mol. The van der Waals surface area contributed by atoms with Gasteiger partial charge in [-0.15, -0.1) is 0 Å². The minimum atomic E-state index is -3.92. The third kappa shape index (κ3) is 147. The van der Waals surface area contributed by atoms with Gasteiger partial charge in [0.15, 0.2) is 0 Å². The zero-order valence-electron chi connectivity index (χ0n) is 2.93. The molecule has 0 amide bonds. The van der Waals surface area contributed by atoms with Gasteiger partial charge in [0.25, 0.3) is 0 Å². The summed E-state index contributed by atoms with van der Waals surface area (Å²) in [6, 6.07) is 0. The zero-order valence-corrected chi connectivity index (χ0v) is 5.92. The normalized spacial score (nSPS) is 9.67. The molecule has 6 heavy (non-hydrogen) atoms. The van der Waals surface area contributed by atoms with Gasteiger partial charge in [-0.3, -0.25) is 0 Å². The van der Waals surface area contributed by atoms with Crippen molar-refractivity contribution in [1.82, 2.24) is 0 Å². The Balaban J connectivity index is 0. The maximum absolute atomic E-state index is 9.08. The molecule has 0 aromatic carbocycles. The van der Waals surface area contributed by atoms with Crippen molar-refractivity contribution < 1.29 is 35.4 Å². The van der Waals surface area contributed by atoms with E-state index >= 15 is 0 Å². The average Bonchev–Trinajstić information content (AvgIpc) is 0.722. The summed E-state index contributed by atoms with van der Waals surface area (Å²) in [6.07, 6.45) is 0.604. The standard InChI is InChI=1S/CH4O3S.Au/c1-5(2,3)4;/h1H3,(H,2,3,4);/q;+1/p-1. The molecule has 0 fully saturated rings. The average molecular weight is 292 g/mol. The van der Waals surface area contributed by atoms with Crippen molar-refractivity contribution in [3.63, 3.8) is 0 Å². The van der Waals surface area contributed by atoms with Gasteiger partial charge in [0, 0.05) is 6.26 Å². The van der Waals surface area contributed by atoms with Gasteiger partial charge in [-0.1, -0.05) is 0 Å². The van der Waals surface area contributed by atoms with Gasteiger partial charge in [-0.2, -0.15) is 0 Å². The van der Waals surface area contributed by atoms with Crippen molar-refractivity contribution in [3.05, 3.63) is 0 Å². The third-order valence-corrected chi connectivity index (χ3v) is 0. The Kier molecular flexibility index (Phi) is 4.52. The van der Waals surface area contributed by atoms with Crippen LogP contribution in [0.1, 0.15) is 0 Å². The molecule has 0 unspecified atom stereocenters. The van der Waals surface area contributed by atoms with Gasteiger partial charge in [-0.25, -0.2) is 8.42 Å². The molecule has 0 rings (SSSR count). The van der Waals surface area contributed by atoms with E-state index in [4.69, 9.17) is 13.0 Å². The molecule has 0 atom stereocenters. The molecule has 0 saturated heterocycles. The summed E-state index contributed by atoms with van der Waals surface area (Å²) in [5.74, 6) is 0. The van der Waals surface area contributed by atoms with Gasteiger partial charge in [-0.05, 0) is 0 Å². The minimum absolute atomic E-state index is 0. The van der Waals surface area contributed by atoms with Crippen LogP contribution in [-0.2, 0) is 32.5 Å². The fourth-order valence-corrected chi connectivity index (χ4v) is 0. The van der Waals surface area contributed by atoms with Gasteiger partial charge < -0.3 is 4.55 Å². The Morgan fingerprint density at radius 2 is 1.50 bits per heavy atom. The van der Waals surface area contributed by atoms with Crippen LogP contribution in [0.2, 0.25) is 0 Å². The predicted octanol–water partition coefficient (Wildman–Crippen LogP) is -0.841. The van der Waals surface area contributed by atoms with E-state index < -0.39 is 10.1 Å². The molecule has 0 aromatic heterocycles. The summed E-state index contributed by atoms with van der Waals surface area (Å²) >= 11 is 0. The first kappa shape index (κ1) is 9.82. The van der Waals surface area contributed by atoms with Gasteiger partial charge >= 0.3 is 22.4 Å². The van der Waals surface area contributed by atoms with Crippen LogP contribution in [-0.4, -0.2) is 19.2 Å². The maximum Gasteiger partial charge on any atom is 1.00 e. The van der Waals surface area contributed by atoms with E-state index in [1.807, 2.05) is 0 Å². The SMILES string of the molecule is CS(=O)(=O)[O-].[Au+]. The van der Waals surface area contributed by atoms with Crippen LogP contribution in [0.25, 0.3) is 0 Å². The van der Waals surface area contributed by atoms with Crippen LogP contribution < -0.4 is 0 Å². The second kappa shape index (κ2) is 2.76. The topological polar surface area (TPSA) is 57.2 Å². The minimum Gasteiger partial charge on any atom is -0.748 e. The van der Waals surface area contributed by atoms with E-state index in [0.717, 1.165) is 0 Å². The first-order valence-corrected chi connectivity index (χ1v) is 2.72. The molecule has 5 heteroatoms. The second-order valence-electron chi connectivity index (χ2n) is 0.704. The summed E-state index contributed by atoms with van der Waals surface area (Å²) in [6.45, 7) is 0. The first-order valence-electron chi connectivity index (χ1n) is 0.908. The fourth-order valence-electron chi connectivity index (χ4n) is 0. The zero-order chi connectivity index (χ0) is 4.50. The van der Waals surface area contributed by atoms with E-state index in [1.165, 1.54) is 0 Å². The Morgan fingerprint density at radius 1 is 1.50 bits per heavy atom. The molecule has 0 aliphatic heterocycles. The van der Waals surface area contributed by atoms with E-state index in [1.54, 1.807) is 0 Å². The molecule has 0 saturated carbocycles. The summed E-state index contributed by atoms with van der Waals surface area (Å²) < 4.78 is 27.2. The Labute approximate surface area is 52.0 Å². The summed E-state index contributed by atoms with van der Waals surface area (Å²) in [4.78, 5) is 0. The fraction of sp³-hybridized carbons (Fsp3) is 1.00. The summed E-state index contributed by atoms with van der Waals surface area (Å²) in [5.41, 5.74) is 0. The number of rotatable bonds is 0.